The maximum atomic E-state index is 11.6. The number of nitrogens with two attached hydrogens (primary N) is 1. The van der Waals surface area contributed by atoms with E-state index in [9.17, 15) is 4.79 Å². The molecule has 1 aliphatic heterocycles. The van der Waals surface area contributed by atoms with Gasteiger partial charge in [-0.1, -0.05) is 13.8 Å². The van der Waals surface area contributed by atoms with E-state index in [-0.39, 0.29) is 5.91 Å². The number of aryl methyl sites for hydroxylation is 1. The van der Waals surface area contributed by atoms with E-state index in [4.69, 9.17) is 5.73 Å². The van der Waals surface area contributed by atoms with Crippen LogP contribution in [0.4, 0.5) is 17.1 Å². The number of carbonyl (C=O) groups excluding carboxylic acids is 1. The first kappa shape index (κ1) is 13.3. The Kier molecular flexibility index (Phi) is 3.32. The second-order valence-corrected chi connectivity index (χ2v) is 6.39. The standard InChI is InChI=1S/C16H23N3O/c1-10(2)9-19(12-4-5-12)15-8-14-11(7-13(15)17)3-6-16(20)18-14/h7-8,10,12H,3-6,9,17H2,1-2H3,(H,18,20). The maximum absolute atomic E-state index is 11.6. The van der Waals surface area contributed by atoms with Gasteiger partial charge in [0.25, 0.3) is 0 Å². The van der Waals surface area contributed by atoms with Crippen molar-refractivity contribution in [2.24, 2.45) is 5.92 Å². The number of hydrogen-bond donors (Lipinski definition) is 2. The molecule has 4 heteroatoms. The lowest BCUT2D eigenvalue weighted by Gasteiger charge is -2.30. The van der Waals surface area contributed by atoms with E-state index < -0.39 is 0 Å². The third-order valence-electron chi connectivity index (χ3n) is 4.01. The van der Waals surface area contributed by atoms with Gasteiger partial charge >= 0.3 is 0 Å². The van der Waals surface area contributed by atoms with Crippen LogP contribution in [-0.2, 0) is 11.2 Å². The van der Waals surface area contributed by atoms with Gasteiger partial charge in [-0.05, 0) is 42.9 Å². The Morgan fingerprint density at radius 3 is 2.75 bits per heavy atom. The van der Waals surface area contributed by atoms with E-state index in [0.29, 0.717) is 18.4 Å². The molecule has 108 valence electrons. The number of nitrogens with one attached hydrogen (secondary N) is 1. The lowest BCUT2D eigenvalue weighted by Crippen LogP contribution is -2.31. The van der Waals surface area contributed by atoms with E-state index >= 15 is 0 Å². The number of hydrogen-bond acceptors (Lipinski definition) is 3. The molecule has 1 amide bonds. The van der Waals surface area contributed by atoms with Gasteiger partial charge in [0, 0.05) is 24.7 Å². The van der Waals surface area contributed by atoms with Crippen LogP contribution in [0.2, 0.25) is 0 Å². The van der Waals surface area contributed by atoms with Crippen LogP contribution >= 0.6 is 0 Å². The molecule has 3 rings (SSSR count). The van der Waals surface area contributed by atoms with Crippen LogP contribution in [0.5, 0.6) is 0 Å². The van der Waals surface area contributed by atoms with Crippen LogP contribution in [0.25, 0.3) is 0 Å². The fraction of sp³-hybridized carbons (Fsp3) is 0.562. The summed E-state index contributed by atoms with van der Waals surface area (Å²) in [6.45, 7) is 5.47. The predicted molar refractivity (Wildman–Crippen MR) is 83.0 cm³/mol. The molecule has 1 aliphatic carbocycles. The number of amides is 1. The minimum Gasteiger partial charge on any atom is -0.397 e. The van der Waals surface area contributed by atoms with Crippen LogP contribution in [0.1, 0.15) is 38.7 Å². The highest BCUT2D eigenvalue weighted by molar-refractivity contribution is 5.95. The summed E-state index contributed by atoms with van der Waals surface area (Å²) in [5.74, 6) is 0.704. The number of nitrogens with zero attached hydrogens (tertiary/aromatic N) is 1. The van der Waals surface area contributed by atoms with E-state index in [1.165, 1.54) is 12.8 Å². The summed E-state index contributed by atoms with van der Waals surface area (Å²) in [4.78, 5) is 14.0. The van der Waals surface area contributed by atoms with Gasteiger partial charge in [-0.25, -0.2) is 0 Å². The van der Waals surface area contributed by atoms with Crippen molar-refractivity contribution >= 4 is 23.0 Å². The Labute approximate surface area is 120 Å². The molecule has 3 N–H and O–H groups in total. The topological polar surface area (TPSA) is 58.4 Å². The number of anilines is 3. The fourth-order valence-corrected chi connectivity index (χ4v) is 2.91. The van der Waals surface area contributed by atoms with E-state index in [1.807, 2.05) is 6.07 Å². The van der Waals surface area contributed by atoms with Crippen molar-refractivity contribution in [1.29, 1.82) is 0 Å². The Hall–Kier alpha value is -1.71. The average molecular weight is 273 g/mol. The van der Waals surface area contributed by atoms with Crippen LogP contribution in [0.15, 0.2) is 12.1 Å². The predicted octanol–water partition coefficient (Wildman–Crippen LogP) is 2.78. The van der Waals surface area contributed by atoms with Crippen LogP contribution in [0.3, 0.4) is 0 Å². The Morgan fingerprint density at radius 2 is 2.10 bits per heavy atom. The van der Waals surface area contributed by atoms with Crippen molar-refractivity contribution in [3.63, 3.8) is 0 Å². The van der Waals surface area contributed by atoms with Crippen LogP contribution in [0, 0.1) is 5.92 Å². The van der Waals surface area contributed by atoms with Crippen LogP contribution < -0.4 is 16.0 Å². The molecule has 4 nitrogen and oxygen atoms in total. The third kappa shape index (κ3) is 2.60. The molecule has 0 atom stereocenters. The second kappa shape index (κ2) is 5.00. The molecule has 0 unspecified atom stereocenters. The minimum absolute atomic E-state index is 0.107. The quantitative estimate of drug-likeness (QED) is 0.829. The van der Waals surface area contributed by atoms with Gasteiger partial charge in [-0.2, -0.15) is 0 Å². The van der Waals surface area contributed by atoms with Crippen molar-refractivity contribution in [3.05, 3.63) is 17.7 Å². The summed E-state index contributed by atoms with van der Waals surface area (Å²) >= 11 is 0. The first-order chi connectivity index (χ1) is 9.54. The Morgan fingerprint density at radius 1 is 1.35 bits per heavy atom. The Balaban J connectivity index is 1.95. The summed E-state index contributed by atoms with van der Waals surface area (Å²) in [7, 11) is 0. The zero-order valence-corrected chi connectivity index (χ0v) is 12.3. The van der Waals surface area contributed by atoms with Crippen molar-refractivity contribution in [3.8, 4) is 0 Å². The molecule has 20 heavy (non-hydrogen) atoms. The fourth-order valence-electron chi connectivity index (χ4n) is 2.91. The first-order valence-corrected chi connectivity index (χ1v) is 7.53. The molecule has 0 spiro atoms. The monoisotopic (exact) mass is 273 g/mol. The van der Waals surface area contributed by atoms with Crippen molar-refractivity contribution in [2.45, 2.75) is 45.6 Å². The molecular weight excluding hydrogens is 250 g/mol. The van der Waals surface area contributed by atoms with Crippen molar-refractivity contribution in [1.82, 2.24) is 0 Å². The van der Waals surface area contributed by atoms with Gasteiger partial charge in [0.15, 0.2) is 0 Å². The van der Waals surface area contributed by atoms with Gasteiger partial charge in [-0.3, -0.25) is 4.79 Å². The van der Waals surface area contributed by atoms with E-state index in [0.717, 1.165) is 35.6 Å². The molecule has 0 bridgehead atoms. The molecular formula is C16H23N3O. The molecule has 0 saturated heterocycles. The lowest BCUT2D eigenvalue weighted by molar-refractivity contribution is -0.116. The molecule has 1 aromatic carbocycles. The lowest BCUT2D eigenvalue weighted by atomic mass is 10.0. The number of nitrogen functional groups attached to an aromatic ring is 1. The zero-order chi connectivity index (χ0) is 14.3. The average Bonchev–Trinajstić information content (AvgIpc) is 3.20. The van der Waals surface area contributed by atoms with Crippen molar-refractivity contribution in [2.75, 3.05) is 22.5 Å². The normalized spacial score (nSPS) is 17.9. The van der Waals surface area contributed by atoms with Gasteiger partial charge in [0.05, 0.1) is 11.4 Å². The molecule has 1 heterocycles. The Bertz CT molecular complexity index is 535. The summed E-state index contributed by atoms with van der Waals surface area (Å²) in [5, 5.41) is 2.97. The minimum atomic E-state index is 0.107. The highest BCUT2D eigenvalue weighted by atomic mass is 16.1. The first-order valence-electron chi connectivity index (χ1n) is 7.53. The molecule has 0 radical (unpaired) electrons. The third-order valence-corrected chi connectivity index (χ3v) is 4.01. The second-order valence-electron chi connectivity index (χ2n) is 6.39. The van der Waals surface area contributed by atoms with Crippen LogP contribution in [-0.4, -0.2) is 18.5 Å². The van der Waals surface area contributed by atoms with Gasteiger partial charge in [0.1, 0.15) is 0 Å². The summed E-state index contributed by atoms with van der Waals surface area (Å²) < 4.78 is 0. The number of fused-ring (bicyclic) bond motifs is 1. The smallest absolute Gasteiger partial charge is 0.224 e. The highest BCUT2D eigenvalue weighted by Gasteiger charge is 2.31. The summed E-state index contributed by atoms with van der Waals surface area (Å²) in [6, 6.07) is 4.74. The highest BCUT2D eigenvalue weighted by Crippen LogP contribution is 2.39. The number of carbonyl (C=O) groups is 1. The molecule has 1 saturated carbocycles. The van der Waals surface area contributed by atoms with Gasteiger partial charge < -0.3 is 16.0 Å². The van der Waals surface area contributed by atoms with Crippen molar-refractivity contribution < 1.29 is 4.79 Å². The summed E-state index contributed by atoms with van der Waals surface area (Å²) in [6.07, 6.45) is 3.84. The maximum Gasteiger partial charge on any atom is 0.224 e. The number of rotatable bonds is 4. The molecule has 0 aromatic heterocycles. The van der Waals surface area contributed by atoms with Gasteiger partial charge in [-0.15, -0.1) is 0 Å². The number of benzene rings is 1. The molecule has 1 aromatic rings. The largest absolute Gasteiger partial charge is 0.397 e. The van der Waals surface area contributed by atoms with E-state index in [2.05, 4.69) is 30.1 Å². The SMILES string of the molecule is CC(C)CN(c1cc2c(cc1N)CCC(=O)N2)C1CC1. The molecule has 1 fully saturated rings. The van der Waals surface area contributed by atoms with Gasteiger partial charge in [0.2, 0.25) is 5.91 Å². The summed E-state index contributed by atoms with van der Waals surface area (Å²) in [5.41, 5.74) is 10.3. The molecule has 2 aliphatic rings. The van der Waals surface area contributed by atoms with E-state index in [1.54, 1.807) is 0 Å². The zero-order valence-electron chi connectivity index (χ0n) is 12.3.